The SMILES string of the molecule is COC(=O)c1cc(C)nc2c1c(=O)[nH]c(=S)n2C. The summed E-state index contributed by atoms with van der Waals surface area (Å²) in [6, 6.07) is 1.52. The number of H-pyrrole nitrogens is 1. The summed E-state index contributed by atoms with van der Waals surface area (Å²) in [5.74, 6) is -0.576. The van der Waals surface area contributed by atoms with Gasteiger partial charge in [0.2, 0.25) is 0 Å². The zero-order valence-electron chi connectivity index (χ0n) is 10.1. The van der Waals surface area contributed by atoms with Crippen LogP contribution in [-0.2, 0) is 11.8 Å². The monoisotopic (exact) mass is 265 g/mol. The van der Waals surface area contributed by atoms with Crippen molar-refractivity contribution in [2.45, 2.75) is 6.92 Å². The molecule has 0 fully saturated rings. The number of aryl methyl sites for hydroxylation is 2. The van der Waals surface area contributed by atoms with Crippen LogP contribution >= 0.6 is 12.2 Å². The molecule has 0 amide bonds. The number of fused-ring (bicyclic) bond motifs is 1. The molecule has 0 aliphatic rings. The van der Waals surface area contributed by atoms with Crippen molar-refractivity contribution in [2.75, 3.05) is 7.11 Å². The highest BCUT2D eigenvalue weighted by Gasteiger charge is 2.17. The number of nitrogens with one attached hydrogen (secondary N) is 1. The van der Waals surface area contributed by atoms with Gasteiger partial charge in [-0.15, -0.1) is 0 Å². The van der Waals surface area contributed by atoms with Crippen molar-refractivity contribution >= 4 is 29.2 Å². The van der Waals surface area contributed by atoms with Crippen molar-refractivity contribution in [1.29, 1.82) is 0 Å². The summed E-state index contributed by atoms with van der Waals surface area (Å²) < 4.78 is 6.47. The number of hydrogen-bond acceptors (Lipinski definition) is 5. The lowest BCUT2D eigenvalue weighted by molar-refractivity contribution is 0.0602. The normalized spacial score (nSPS) is 10.6. The Bertz CT molecular complexity index is 760. The van der Waals surface area contributed by atoms with Gasteiger partial charge in [-0.2, -0.15) is 0 Å². The second-order valence-corrected chi connectivity index (χ2v) is 4.21. The van der Waals surface area contributed by atoms with Gasteiger partial charge in [-0.1, -0.05) is 0 Å². The first-order valence-corrected chi connectivity index (χ1v) is 5.55. The Labute approximate surface area is 107 Å². The highest BCUT2D eigenvalue weighted by atomic mass is 32.1. The summed E-state index contributed by atoms with van der Waals surface area (Å²) in [6.45, 7) is 1.73. The van der Waals surface area contributed by atoms with Gasteiger partial charge in [-0.3, -0.25) is 9.78 Å². The number of aromatic nitrogens is 3. The van der Waals surface area contributed by atoms with Gasteiger partial charge in [0.25, 0.3) is 5.56 Å². The fourth-order valence-corrected chi connectivity index (χ4v) is 1.91. The van der Waals surface area contributed by atoms with E-state index in [4.69, 9.17) is 12.2 Å². The van der Waals surface area contributed by atoms with Crippen molar-refractivity contribution < 1.29 is 9.53 Å². The Morgan fingerprint density at radius 3 is 2.83 bits per heavy atom. The van der Waals surface area contributed by atoms with Crippen molar-refractivity contribution in [3.63, 3.8) is 0 Å². The molecule has 2 rings (SSSR count). The number of ether oxygens (including phenoxy) is 1. The molecule has 7 heteroatoms. The zero-order valence-corrected chi connectivity index (χ0v) is 10.9. The van der Waals surface area contributed by atoms with Crippen LogP contribution in [0.3, 0.4) is 0 Å². The van der Waals surface area contributed by atoms with E-state index in [0.717, 1.165) is 0 Å². The molecular weight excluding hydrogens is 254 g/mol. The summed E-state index contributed by atoms with van der Waals surface area (Å²) in [4.78, 5) is 30.3. The minimum absolute atomic E-state index is 0.184. The maximum Gasteiger partial charge on any atom is 0.338 e. The van der Waals surface area contributed by atoms with Crippen LogP contribution in [0.25, 0.3) is 11.0 Å². The van der Waals surface area contributed by atoms with E-state index in [0.29, 0.717) is 11.3 Å². The summed E-state index contributed by atoms with van der Waals surface area (Å²) in [6.07, 6.45) is 0. The molecule has 2 aromatic rings. The highest BCUT2D eigenvalue weighted by molar-refractivity contribution is 7.71. The average Bonchev–Trinajstić information content (AvgIpc) is 2.33. The largest absolute Gasteiger partial charge is 0.465 e. The van der Waals surface area contributed by atoms with Gasteiger partial charge in [0.05, 0.1) is 18.1 Å². The highest BCUT2D eigenvalue weighted by Crippen LogP contribution is 2.15. The molecule has 0 spiro atoms. The second kappa shape index (κ2) is 4.34. The molecule has 0 bridgehead atoms. The van der Waals surface area contributed by atoms with E-state index in [1.807, 2.05) is 0 Å². The molecule has 0 saturated carbocycles. The van der Waals surface area contributed by atoms with Crippen LogP contribution in [0.4, 0.5) is 0 Å². The molecule has 2 heterocycles. The number of carbonyl (C=O) groups is 1. The minimum Gasteiger partial charge on any atom is -0.465 e. The summed E-state index contributed by atoms with van der Waals surface area (Å²) in [7, 11) is 2.94. The fraction of sp³-hybridized carbons (Fsp3) is 0.273. The predicted octanol–water partition coefficient (Wildman–Crippen LogP) is 1.09. The minimum atomic E-state index is -0.576. The maximum atomic E-state index is 11.9. The van der Waals surface area contributed by atoms with Gasteiger partial charge in [-0.05, 0) is 25.2 Å². The Hall–Kier alpha value is -2.02. The van der Waals surface area contributed by atoms with Crippen molar-refractivity contribution in [3.05, 3.63) is 32.4 Å². The van der Waals surface area contributed by atoms with Crippen LogP contribution in [0.5, 0.6) is 0 Å². The van der Waals surface area contributed by atoms with Gasteiger partial charge in [-0.25, -0.2) is 9.78 Å². The molecule has 18 heavy (non-hydrogen) atoms. The van der Waals surface area contributed by atoms with Gasteiger partial charge in [0.1, 0.15) is 5.65 Å². The Kier molecular flexibility index (Phi) is 3.00. The first-order chi connectivity index (χ1) is 8.45. The lowest BCUT2D eigenvalue weighted by atomic mass is 10.1. The van der Waals surface area contributed by atoms with E-state index in [1.165, 1.54) is 13.2 Å². The third-order valence-electron chi connectivity index (χ3n) is 2.60. The first kappa shape index (κ1) is 12.4. The zero-order chi connectivity index (χ0) is 13.4. The quantitative estimate of drug-likeness (QED) is 0.617. The van der Waals surface area contributed by atoms with E-state index in [2.05, 4.69) is 14.7 Å². The maximum absolute atomic E-state index is 11.9. The Morgan fingerprint density at radius 2 is 2.22 bits per heavy atom. The van der Waals surface area contributed by atoms with Gasteiger partial charge < -0.3 is 9.30 Å². The molecule has 2 aromatic heterocycles. The van der Waals surface area contributed by atoms with Crippen LogP contribution in [0.2, 0.25) is 0 Å². The molecule has 0 atom stereocenters. The standard InChI is InChI=1S/C11H11N3O3S/c1-5-4-6(10(16)17-3)7-8(12-5)14(2)11(18)13-9(7)15/h4H,1-3H3,(H,13,15,18). The van der Waals surface area contributed by atoms with Crippen molar-refractivity contribution in [2.24, 2.45) is 7.05 Å². The number of carbonyl (C=O) groups excluding carboxylic acids is 1. The third-order valence-corrected chi connectivity index (χ3v) is 2.98. The van der Waals surface area contributed by atoms with Gasteiger partial charge in [0.15, 0.2) is 4.77 Å². The number of hydrogen-bond donors (Lipinski definition) is 1. The second-order valence-electron chi connectivity index (χ2n) is 3.82. The first-order valence-electron chi connectivity index (χ1n) is 5.14. The summed E-state index contributed by atoms with van der Waals surface area (Å²) in [5.41, 5.74) is 0.718. The molecule has 0 aliphatic heterocycles. The Balaban J connectivity index is 3.06. The number of rotatable bonds is 1. The number of pyridine rings is 1. The number of esters is 1. The molecule has 94 valence electrons. The van der Waals surface area contributed by atoms with E-state index < -0.39 is 11.5 Å². The van der Waals surface area contributed by atoms with Crippen molar-refractivity contribution in [1.82, 2.24) is 14.5 Å². The van der Waals surface area contributed by atoms with Crippen LogP contribution in [0, 0.1) is 11.7 Å². The van der Waals surface area contributed by atoms with Crippen LogP contribution in [0.1, 0.15) is 16.1 Å². The lowest BCUT2D eigenvalue weighted by Gasteiger charge is -2.08. The number of aromatic amines is 1. The molecule has 0 aliphatic carbocycles. The topological polar surface area (TPSA) is 77.0 Å². The Morgan fingerprint density at radius 1 is 1.56 bits per heavy atom. The number of nitrogens with zero attached hydrogens (tertiary/aromatic N) is 2. The van der Waals surface area contributed by atoms with E-state index in [-0.39, 0.29) is 15.7 Å². The summed E-state index contributed by atoms with van der Waals surface area (Å²) in [5, 5.41) is 0.184. The van der Waals surface area contributed by atoms with Gasteiger partial charge in [0, 0.05) is 12.7 Å². The smallest absolute Gasteiger partial charge is 0.338 e. The third kappa shape index (κ3) is 1.82. The van der Waals surface area contributed by atoms with E-state index in [1.54, 1.807) is 18.5 Å². The molecule has 0 radical (unpaired) electrons. The average molecular weight is 265 g/mol. The van der Waals surface area contributed by atoms with Crippen molar-refractivity contribution in [3.8, 4) is 0 Å². The van der Waals surface area contributed by atoms with Crippen LogP contribution in [-0.4, -0.2) is 27.6 Å². The van der Waals surface area contributed by atoms with Gasteiger partial charge >= 0.3 is 5.97 Å². The molecule has 0 aromatic carbocycles. The lowest BCUT2D eigenvalue weighted by Crippen LogP contribution is -2.18. The van der Waals surface area contributed by atoms with Crippen LogP contribution in [0.15, 0.2) is 10.9 Å². The van der Waals surface area contributed by atoms with Crippen LogP contribution < -0.4 is 5.56 Å². The molecule has 0 saturated heterocycles. The van der Waals surface area contributed by atoms with E-state index >= 15 is 0 Å². The molecule has 6 nitrogen and oxygen atoms in total. The molecular formula is C11H11N3O3S. The predicted molar refractivity (Wildman–Crippen MR) is 68.2 cm³/mol. The summed E-state index contributed by atoms with van der Waals surface area (Å²) >= 11 is 5.00. The molecule has 1 N–H and O–H groups in total. The molecule has 0 unspecified atom stereocenters. The number of methoxy groups -OCH3 is 1. The van der Waals surface area contributed by atoms with E-state index in [9.17, 15) is 9.59 Å². The fourth-order valence-electron chi connectivity index (χ4n) is 1.73.